The van der Waals surface area contributed by atoms with Crippen molar-refractivity contribution in [3.63, 3.8) is 0 Å². The second kappa shape index (κ2) is 7.42. The molecule has 4 nitrogen and oxygen atoms in total. The lowest BCUT2D eigenvalue weighted by Crippen LogP contribution is -2.43. The number of hydrogen-bond acceptors (Lipinski definition) is 3. The van der Waals surface area contributed by atoms with E-state index in [2.05, 4.69) is 5.32 Å². The maximum Gasteiger partial charge on any atom is 0.245 e. The Kier molecular flexibility index (Phi) is 5.58. The Labute approximate surface area is 120 Å². The van der Waals surface area contributed by atoms with Crippen LogP contribution < -0.4 is 5.32 Å². The first-order chi connectivity index (χ1) is 9.72. The van der Waals surface area contributed by atoms with Crippen LogP contribution in [0.15, 0.2) is 0 Å². The van der Waals surface area contributed by atoms with E-state index in [1.54, 1.807) is 0 Å². The number of nitrogens with zero attached hydrogens (tertiary/aromatic N) is 1. The molecular formula is C16H24N2O2. The van der Waals surface area contributed by atoms with Crippen molar-refractivity contribution in [3.8, 4) is 6.07 Å². The van der Waals surface area contributed by atoms with Crippen molar-refractivity contribution >= 4 is 11.7 Å². The molecule has 0 saturated heterocycles. The van der Waals surface area contributed by atoms with Gasteiger partial charge in [-0.1, -0.05) is 38.5 Å². The van der Waals surface area contributed by atoms with Crippen molar-refractivity contribution in [2.45, 2.75) is 70.3 Å². The molecule has 2 rings (SSSR count). The maximum absolute atomic E-state index is 12.3. The molecule has 1 atom stereocenters. The molecule has 0 aromatic rings. The summed E-state index contributed by atoms with van der Waals surface area (Å²) >= 11 is 0. The quantitative estimate of drug-likeness (QED) is 0.803. The van der Waals surface area contributed by atoms with Gasteiger partial charge in [-0.15, -0.1) is 0 Å². The number of rotatable bonds is 4. The summed E-state index contributed by atoms with van der Waals surface area (Å²) in [6.45, 7) is 0. The highest BCUT2D eigenvalue weighted by Gasteiger charge is 2.34. The van der Waals surface area contributed by atoms with Gasteiger partial charge in [-0.25, -0.2) is 0 Å². The summed E-state index contributed by atoms with van der Waals surface area (Å²) in [6.07, 6.45) is 10.3. The van der Waals surface area contributed by atoms with Gasteiger partial charge >= 0.3 is 0 Å². The number of nitriles is 1. The van der Waals surface area contributed by atoms with Gasteiger partial charge < -0.3 is 5.32 Å². The number of ketones is 1. The molecule has 0 heterocycles. The number of Topliss-reactive ketones (excluding diaryl/α,β-unsaturated/α-hetero) is 1. The minimum Gasteiger partial charge on any atom is -0.352 e. The smallest absolute Gasteiger partial charge is 0.245 e. The lowest BCUT2D eigenvalue weighted by atomic mass is 9.81. The number of carbonyl (C=O) groups is 2. The van der Waals surface area contributed by atoms with Crippen molar-refractivity contribution < 1.29 is 9.59 Å². The standard InChI is InChI=1S/C16H24N2O2/c17-11-14(15(19)12-7-3-1-4-8-12)16(20)18-13-9-5-2-6-10-13/h12-14H,1-10H2,(H,18,20)/t14-/m0/s1. The molecule has 2 saturated carbocycles. The fourth-order valence-electron chi connectivity index (χ4n) is 3.41. The summed E-state index contributed by atoms with van der Waals surface area (Å²) < 4.78 is 0. The molecule has 20 heavy (non-hydrogen) atoms. The summed E-state index contributed by atoms with van der Waals surface area (Å²) in [6, 6.07) is 2.09. The zero-order chi connectivity index (χ0) is 14.4. The third kappa shape index (κ3) is 3.82. The Morgan fingerprint density at radius 1 is 0.950 bits per heavy atom. The van der Waals surface area contributed by atoms with E-state index >= 15 is 0 Å². The van der Waals surface area contributed by atoms with Crippen LogP contribution >= 0.6 is 0 Å². The largest absolute Gasteiger partial charge is 0.352 e. The average Bonchev–Trinajstić information content (AvgIpc) is 2.49. The van der Waals surface area contributed by atoms with Crippen molar-refractivity contribution in [2.75, 3.05) is 0 Å². The monoisotopic (exact) mass is 276 g/mol. The Morgan fingerprint density at radius 3 is 2.05 bits per heavy atom. The lowest BCUT2D eigenvalue weighted by molar-refractivity contribution is -0.134. The van der Waals surface area contributed by atoms with E-state index in [0.717, 1.165) is 57.8 Å². The van der Waals surface area contributed by atoms with Gasteiger partial charge in [0.1, 0.15) is 0 Å². The third-order valence-corrected chi connectivity index (χ3v) is 4.63. The van der Waals surface area contributed by atoms with E-state index in [1.165, 1.54) is 6.42 Å². The Balaban J connectivity index is 1.90. The topological polar surface area (TPSA) is 70.0 Å². The highest BCUT2D eigenvalue weighted by molar-refractivity contribution is 6.05. The molecule has 0 radical (unpaired) electrons. The van der Waals surface area contributed by atoms with Gasteiger partial charge in [-0.2, -0.15) is 5.26 Å². The summed E-state index contributed by atoms with van der Waals surface area (Å²) in [5.74, 6) is -1.69. The molecule has 0 aliphatic heterocycles. The highest BCUT2D eigenvalue weighted by Crippen LogP contribution is 2.27. The predicted molar refractivity (Wildman–Crippen MR) is 75.7 cm³/mol. The molecular weight excluding hydrogens is 252 g/mol. The zero-order valence-corrected chi connectivity index (χ0v) is 12.1. The molecule has 1 amide bonds. The van der Waals surface area contributed by atoms with E-state index in [4.69, 9.17) is 0 Å². The van der Waals surface area contributed by atoms with Crippen LogP contribution in [0.25, 0.3) is 0 Å². The van der Waals surface area contributed by atoms with Gasteiger partial charge in [-0.05, 0) is 25.7 Å². The van der Waals surface area contributed by atoms with Gasteiger partial charge in [0.15, 0.2) is 11.7 Å². The van der Waals surface area contributed by atoms with E-state index < -0.39 is 5.92 Å². The van der Waals surface area contributed by atoms with Crippen LogP contribution in [0.5, 0.6) is 0 Å². The third-order valence-electron chi connectivity index (χ3n) is 4.63. The number of amides is 1. The highest BCUT2D eigenvalue weighted by atomic mass is 16.2. The minimum absolute atomic E-state index is 0.0782. The molecule has 2 aliphatic carbocycles. The molecule has 0 aromatic carbocycles. The van der Waals surface area contributed by atoms with E-state index in [1.807, 2.05) is 6.07 Å². The van der Waals surface area contributed by atoms with Crippen molar-refractivity contribution in [1.29, 1.82) is 5.26 Å². The van der Waals surface area contributed by atoms with Gasteiger partial charge in [0.05, 0.1) is 6.07 Å². The lowest BCUT2D eigenvalue weighted by Gasteiger charge is -2.25. The normalized spacial score (nSPS) is 22.8. The zero-order valence-electron chi connectivity index (χ0n) is 12.1. The van der Waals surface area contributed by atoms with Crippen LogP contribution in [0.3, 0.4) is 0 Å². The van der Waals surface area contributed by atoms with Crippen LogP contribution in [0.2, 0.25) is 0 Å². The van der Waals surface area contributed by atoms with E-state index in [-0.39, 0.29) is 23.7 Å². The first-order valence-electron chi connectivity index (χ1n) is 7.96. The molecule has 0 aromatic heterocycles. The van der Waals surface area contributed by atoms with Crippen LogP contribution in [-0.4, -0.2) is 17.7 Å². The van der Waals surface area contributed by atoms with Gasteiger partial charge in [0.25, 0.3) is 0 Å². The molecule has 110 valence electrons. The van der Waals surface area contributed by atoms with Gasteiger partial charge in [0.2, 0.25) is 5.91 Å². The second-order valence-electron chi connectivity index (χ2n) is 6.14. The fraction of sp³-hybridized carbons (Fsp3) is 0.812. The number of hydrogen-bond donors (Lipinski definition) is 1. The molecule has 2 aliphatic rings. The van der Waals surface area contributed by atoms with Crippen molar-refractivity contribution in [3.05, 3.63) is 0 Å². The summed E-state index contributed by atoms with van der Waals surface area (Å²) in [7, 11) is 0. The molecule has 0 spiro atoms. The SMILES string of the molecule is N#C[C@H](C(=O)NC1CCCCC1)C(=O)C1CCCCC1. The molecule has 2 fully saturated rings. The molecule has 0 bridgehead atoms. The van der Waals surface area contributed by atoms with Crippen LogP contribution in [0.1, 0.15) is 64.2 Å². The summed E-state index contributed by atoms with van der Waals surface area (Å²) in [5, 5.41) is 12.1. The first-order valence-corrected chi connectivity index (χ1v) is 7.96. The fourth-order valence-corrected chi connectivity index (χ4v) is 3.41. The number of carbonyl (C=O) groups excluding carboxylic acids is 2. The van der Waals surface area contributed by atoms with Crippen molar-refractivity contribution in [2.24, 2.45) is 11.8 Å². The molecule has 1 N–H and O–H groups in total. The Bertz CT molecular complexity index is 388. The second-order valence-corrected chi connectivity index (χ2v) is 6.14. The van der Waals surface area contributed by atoms with Crippen LogP contribution in [-0.2, 0) is 9.59 Å². The Hall–Kier alpha value is -1.37. The summed E-state index contributed by atoms with van der Waals surface area (Å²) in [4.78, 5) is 24.5. The first kappa shape index (κ1) is 15.0. The summed E-state index contributed by atoms with van der Waals surface area (Å²) in [5.41, 5.74) is 0. The van der Waals surface area contributed by atoms with Crippen molar-refractivity contribution in [1.82, 2.24) is 5.32 Å². The maximum atomic E-state index is 12.3. The Morgan fingerprint density at radius 2 is 1.50 bits per heavy atom. The molecule has 4 heteroatoms. The number of nitrogens with one attached hydrogen (secondary N) is 1. The van der Waals surface area contributed by atoms with E-state index in [9.17, 15) is 14.9 Å². The molecule has 0 unspecified atom stereocenters. The van der Waals surface area contributed by atoms with Crippen LogP contribution in [0.4, 0.5) is 0 Å². The predicted octanol–water partition coefficient (Wildman–Crippen LogP) is 2.72. The average molecular weight is 276 g/mol. The van der Waals surface area contributed by atoms with E-state index in [0.29, 0.717) is 0 Å². The van der Waals surface area contributed by atoms with Crippen LogP contribution in [0, 0.1) is 23.2 Å². The minimum atomic E-state index is -1.10. The van der Waals surface area contributed by atoms with Gasteiger partial charge in [-0.3, -0.25) is 9.59 Å². The van der Waals surface area contributed by atoms with Gasteiger partial charge in [0, 0.05) is 12.0 Å².